The summed E-state index contributed by atoms with van der Waals surface area (Å²) in [5, 5.41) is 9.61. The van der Waals surface area contributed by atoms with Crippen LogP contribution in [0, 0.1) is 11.3 Å². The van der Waals surface area contributed by atoms with Crippen LogP contribution in [0.25, 0.3) is 0 Å². The van der Waals surface area contributed by atoms with E-state index in [0.29, 0.717) is 5.57 Å². The van der Waals surface area contributed by atoms with Crippen molar-refractivity contribution in [2.45, 2.75) is 18.3 Å². The van der Waals surface area contributed by atoms with Crippen LogP contribution in [0.2, 0.25) is 0 Å². The fourth-order valence-electron chi connectivity index (χ4n) is 3.20. The summed E-state index contributed by atoms with van der Waals surface area (Å²) in [6, 6.07) is 22.8. The maximum Gasteiger partial charge on any atom is 0.0978 e. The third kappa shape index (κ3) is 1.71. The van der Waals surface area contributed by atoms with Crippen molar-refractivity contribution in [3.8, 4) is 6.07 Å². The van der Waals surface area contributed by atoms with E-state index in [1.54, 1.807) is 0 Å². The second-order valence-electron chi connectivity index (χ2n) is 5.15. The summed E-state index contributed by atoms with van der Waals surface area (Å²) in [6.45, 7) is 0. The summed E-state index contributed by atoms with van der Waals surface area (Å²) < 4.78 is 0. The summed E-state index contributed by atoms with van der Waals surface area (Å²) >= 11 is 0. The van der Waals surface area contributed by atoms with Crippen LogP contribution in [0.15, 0.2) is 71.9 Å². The predicted octanol–water partition coefficient (Wildman–Crippen LogP) is 3.50. The minimum atomic E-state index is -0.388. The lowest BCUT2D eigenvalue weighted by atomic mass is 9.70. The number of hydrogen-bond donors (Lipinski definition) is 1. The molecule has 0 atom stereocenters. The van der Waals surface area contributed by atoms with E-state index in [1.165, 1.54) is 0 Å². The van der Waals surface area contributed by atoms with Gasteiger partial charge >= 0.3 is 0 Å². The molecule has 0 radical (unpaired) electrons. The number of nitrogens with two attached hydrogens (primary N) is 1. The quantitative estimate of drug-likeness (QED) is 0.898. The first kappa shape index (κ1) is 12.5. The lowest BCUT2D eigenvalue weighted by Crippen LogP contribution is -2.27. The Morgan fingerprint density at radius 2 is 1.40 bits per heavy atom. The number of benzene rings is 2. The molecule has 98 valence electrons. The fraction of sp³-hybridized carbons (Fsp3) is 0.167. The largest absolute Gasteiger partial charge is 0.401 e. The molecule has 0 saturated carbocycles. The van der Waals surface area contributed by atoms with E-state index in [0.717, 1.165) is 29.7 Å². The van der Waals surface area contributed by atoms with Gasteiger partial charge < -0.3 is 5.73 Å². The van der Waals surface area contributed by atoms with E-state index in [1.807, 2.05) is 36.4 Å². The Balaban J connectivity index is 2.29. The molecular weight excluding hydrogens is 244 g/mol. The molecular formula is C18H16N2. The maximum absolute atomic E-state index is 9.61. The van der Waals surface area contributed by atoms with Gasteiger partial charge in [-0.05, 0) is 24.0 Å². The molecule has 2 aromatic carbocycles. The molecule has 20 heavy (non-hydrogen) atoms. The molecule has 1 aliphatic carbocycles. The Labute approximate surface area is 119 Å². The number of hydrogen-bond acceptors (Lipinski definition) is 2. The van der Waals surface area contributed by atoms with Crippen LogP contribution >= 0.6 is 0 Å². The summed E-state index contributed by atoms with van der Waals surface area (Å²) in [7, 11) is 0. The highest BCUT2D eigenvalue weighted by molar-refractivity contribution is 5.57. The van der Waals surface area contributed by atoms with Gasteiger partial charge in [0.25, 0.3) is 0 Å². The smallest absolute Gasteiger partial charge is 0.0978 e. The van der Waals surface area contributed by atoms with Gasteiger partial charge in [0.15, 0.2) is 0 Å². The number of allylic oxidation sites excluding steroid dienone is 2. The van der Waals surface area contributed by atoms with Crippen molar-refractivity contribution >= 4 is 0 Å². The van der Waals surface area contributed by atoms with Crippen molar-refractivity contribution < 1.29 is 0 Å². The van der Waals surface area contributed by atoms with Crippen molar-refractivity contribution in [2.75, 3.05) is 0 Å². The Hall–Kier alpha value is -2.53. The third-order valence-corrected chi connectivity index (χ3v) is 4.16. The predicted molar refractivity (Wildman–Crippen MR) is 79.7 cm³/mol. The summed E-state index contributed by atoms with van der Waals surface area (Å²) in [5.74, 6) is 0. The van der Waals surface area contributed by atoms with Gasteiger partial charge in [-0.1, -0.05) is 60.7 Å². The van der Waals surface area contributed by atoms with Gasteiger partial charge in [0.2, 0.25) is 0 Å². The van der Waals surface area contributed by atoms with Crippen molar-refractivity contribution in [3.05, 3.63) is 83.1 Å². The van der Waals surface area contributed by atoms with Gasteiger partial charge in [-0.3, -0.25) is 0 Å². The molecule has 0 amide bonds. The standard InChI is InChI=1S/C18H16N2/c19-13-16-17(20)11-12-18(16,14-7-3-1-4-8-14)15-9-5-2-6-10-15/h1-10H,11-12,20H2. The van der Waals surface area contributed by atoms with Crippen LogP contribution in [0.3, 0.4) is 0 Å². The van der Waals surface area contributed by atoms with E-state index >= 15 is 0 Å². The van der Waals surface area contributed by atoms with Gasteiger partial charge in [0.05, 0.1) is 17.1 Å². The van der Waals surface area contributed by atoms with Crippen LogP contribution in [-0.4, -0.2) is 0 Å². The highest BCUT2D eigenvalue weighted by Crippen LogP contribution is 2.48. The van der Waals surface area contributed by atoms with Crippen molar-refractivity contribution in [1.82, 2.24) is 0 Å². The molecule has 0 spiro atoms. The van der Waals surface area contributed by atoms with Crippen LogP contribution < -0.4 is 5.73 Å². The van der Waals surface area contributed by atoms with Gasteiger partial charge in [-0.2, -0.15) is 5.26 Å². The average Bonchev–Trinajstić information content (AvgIpc) is 2.86. The lowest BCUT2D eigenvalue weighted by molar-refractivity contribution is 0.605. The Kier molecular flexibility index (Phi) is 3.04. The van der Waals surface area contributed by atoms with E-state index in [9.17, 15) is 5.26 Å². The molecule has 2 N–H and O–H groups in total. The number of nitriles is 1. The molecule has 2 nitrogen and oxygen atoms in total. The van der Waals surface area contributed by atoms with E-state index < -0.39 is 0 Å². The second-order valence-corrected chi connectivity index (χ2v) is 5.15. The van der Waals surface area contributed by atoms with Crippen LogP contribution in [-0.2, 0) is 5.41 Å². The topological polar surface area (TPSA) is 49.8 Å². The van der Waals surface area contributed by atoms with E-state index in [-0.39, 0.29) is 5.41 Å². The van der Waals surface area contributed by atoms with Crippen molar-refractivity contribution in [1.29, 1.82) is 5.26 Å². The first-order valence-electron chi connectivity index (χ1n) is 6.79. The SMILES string of the molecule is N#CC1=C(N)CCC1(c1ccccc1)c1ccccc1. The summed E-state index contributed by atoms with van der Waals surface area (Å²) in [5.41, 5.74) is 9.42. The van der Waals surface area contributed by atoms with Gasteiger partial charge in [0.1, 0.15) is 0 Å². The first-order chi connectivity index (χ1) is 9.79. The van der Waals surface area contributed by atoms with Crippen molar-refractivity contribution in [2.24, 2.45) is 5.73 Å². The van der Waals surface area contributed by atoms with Crippen LogP contribution in [0.1, 0.15) is 24.0 Å². The van der Waals surface area contributed by atoms with Crippen LogP contribution in [0.4, 0.5) is 0 Å². The zero-order valence-electron chi connectivity index (χ0n) is 11.2. The summed E-state index contributed by atoms with van der Waals surface area (Å²) in [4.78, 5) is 0. The molecule has 0 bridgehead atoms. The molecule has 0 heterocycles. The molecule has 0 aliphatic heterocycles. The number of rotatable bonds is 2. The average molecular weight is 260 g/mol. The van der Waals surface area contributed by atoms with Gasteiger partial charge in [0, 0.05) is 5.70 Å². The Bertz CT molecular complexity index is 639. The van der Waals surface area contributed by atoms with E-state index in [4.69, 9.17) is 5.73 Å². The molecule has 1 aliphatic rings. The monoisotopic (exact) mass is 260 g/mol. The molecule has 0 unspecified atom stereocenters. The van der Waals surface area contributed by atoms with Gasteiger partial charge in [-0.25, -0.2) is 0 Å². The molecule has 2 aromatic rings. The molecule has 0 fully saturated rings. The maximum atomic E-state index is 9.61. The molecule has 3 rings (SSSR count). The zero-order chi connectivity index (χ0) is 14.0. The fourth-order valence-corrected chi connectivity index (χ4v) is 3.20. The normalized spacial score (nSPS) is 16.9. The minimum absolute atomic E-state index is 0.388. The highest BCUT2D eigenvalue weighted by Gasteiger charge is 2.43. The third-order valence-electron chi connectivity index (χ3n) is 4.16. The Morgan fingerprint density at radius 3 is 1.85 bits per heavy atom. The van der Waals surface area contributed by atoms with Crippen LogP contribution in [0.5, 0.6) is 0 Å². The van der Waals surface area contributed by atoms with Crippen molar-refractivity contribution in [3.63, 3.8) is 0 Å². The highest BCUT2D eigenvalue weighted by atomic mass is 14.6. The van der Waals surface area contributed by atoms with Gasteiger partial charge in [-0.15, -0.1) is 0 Å². The molecule has 0 aromatic heterocycles. The zero-order valence-corrected chi connectivity index (χ0v) is 11.2. The summed E-state index contributed by atoms with van der Waals surface area (Å²) in [6.07, 6.45) is 1.63. The first-order valence-corrected chi connectivity index (χ1v) is 6.79. The Morgan fingerprint density at radius 1 is 0.900 bits per heavy atom. The second kappa shape index (κ2) is 4.86. The number of nitrogens with zero attached hydrogens (tertiary/aromatic N) is 1. The molecule has 2 heteroatoms. The molecule has 0 saturated heterocycles. The minimum Gasteiger partial charge on any atom is -0.401 e. The van der Waals surface area contributed by atoms with E-state index in [2.05, 4.69) is 30.3 Å². The lowest BCUT2D eigenvalue weighted by Gasteiger charge is -2.31.